The third kappa shape index (κ3) is 3.07. The molecule has 142 valence electrons. The van der Waals surface area contributed by atoms with Crippen molar-refractivity contribution in [3.63, 3.8) is 0 Å². The number of piperazine rings is 1. The van der Waals surface area contributed by atoms with Gasteiger partial charge in [-0.1, -0.05) is 12.1 Å². The van der Waals surface area contributed by atoms with E-state index in [-0.39, 0.29) is 16.3 Å². The number of nitrogens with zero attached hydrogens (tertiary/aromatic N) is 5. The number of pyridine rings is 1. The van der Waals surface area contributed by atoms with E-state index in [2.05, 4.69) is 9.88 Å². The summed E-state index contributed by atoms with van der Waals surface area (Å²) in [6, 6.07) is 11.8. The van der Waals surface area contributed by atoms with Crippen LogP contribution in [0.5, 0.6) is 0 Å². The standard InChI is InChI=1S/C19H17N5O4/c25-23(26)17-6-5-16(14-7-8-20-13-15(14)17)21-9-11-22(12-10-21)18-3-1-2-4-19(18)24(27)28/h1-8,13H,9-12H2. The molecular weight excluding hydrogens is 362 g/mol. The zero-order valence-corrected chi connectivity index (χ0v) is 14.9. The smallest absolute Gasteiger partial charge is 0.292 e. The average molecular weight is 379 g/mol. The number of para-hydroxylation sites is 2. The highest BCUT2D eigenvalue weighted by atomic mass is 16.6. The number of anilines is 2. The lowest BCUT2D eigenvalue weighted by Crippen LogP contribution is -2.46. The van der Waals surface area contributed by atoms with Gasteiger partial charge in [-0.2, -0.15) is 0 Å². The van der Waals surface area contributed by atoms with E-state index in [1.54, 1.807) is 36.5 Å². The lowest BCUT2D eigenvalue weighted by atomic mass is 10.1. The molecule has 2 aromatic carbocycles. The first-order valence-corrected chi connectivity index (χ1v) is 8.80. The number of hydrogen-bond acceptors (Lipinski definition) is 7. The fraction of sp³-hybridized carbons (Fsp3) is 0.211. The van der Waals surface area contributed by atoms with Crippen LogP contribution in [-0.2, 0) is 0 Å². The molecule has 0 radical (unpaired) electrons. The molecule has 28 heavy (non-hydrogen) atoms. The summed E-state index contributed by atoms with van der Waals surface area (Å²) in [5.41, 5.74) is 1.66. The molecule has 9 nitrogen and oxygen atoms in total. The number of nitro groups is 2. The minimum Gasteiger partial charge on any atom is -0.367 e. The molecule has 0 saturated carbocycles. The van der Waals surface area contributed by atoms with Gasteiger partial charge in [0, 0.05) is 61.8 Å². The van der Waals surface area contributed by atoms with Gasteiger partial charge >= 0.3 is 0 Å². The third-order valence-corrected chi connectivity index (χ3v) is 5.01. The fourth-order valence-corrected chi connectivity index (χ4v) is 3.67. The minimum atomic E-state index is -0.403. The second-order valence-electron chi connectivity index (χ2n) is 6.50. The van der Waals surface area contributed by atoms with Crippen molar-refractivity contribution < 1.29 is 9.85 Å². The topological polar surface area (TPSA) is 106 Å². The lowest BCUT2D eigenvalue weighted by molar-refractivity contribution is -0.384. The number of nitro benzene ring substituents is 2. The Kier molecular flexibility index (Phi) is 4.48. The van der Waals surface area contributed by atoms with Crippen molar-refractivity contribution in [2.24, 2.45) is 0 Å². The van der Waals surface area contributed by atoms with Crippen LogP contribution in [0.1, 0.15) is 0 Å². The van der Waals surface area contributed by atoms with Gasteiger partial charge in [0.2, 0.25) is 0 Å². The summed E-state index contributed by atoms with van der Waals surface area (Å²) >= 11 is 0. The van der Waals surface area contributed by atoms with Gasteiger partial charge in [0.1, 0.15) is 5.69 Å². The van der Waals surface area contributed by atoms with Gasteiger partial charge in [0.05, 0.1) is 15.2 Å². The summed E-state index contributed by atoms with van der Waals surface area (Å²) < 4.78 is 0. The van der Waals surface area contributed by atoms with Crippen molar-refractivity contribution in [3.8, 4) is 0 Å². The van der Waals surface area contributed by atoms with E-state index in [4.69, 9.17) is 0 Å². The maximum atomic E-state index is 11.3. The summed E-state index contributed by atoms with van der Waals surface area (Å²) in [5, 5.41) is 23.9. The van der Waals surface area contributed by atoms with Gasteiger partial charge in [-0.05, 0) is 18.2 Å². The van der Waals surface area contributed by atoms with E-state index in [1.165, 1.54) is 18.3 Å². The summed E-state index contributed by atoms with van der Waals surface area (Å²) in [6.07, 6.45) is 3.14. The Hall–Kier alpha value is -3.75. The Morgan fingerprint density at radius 3 is 2.07 bits per heavy atom. The first kappa shape index (κ1) is 17.7. The van der Waals surface area contributed by atoms with Crippen molar-refractivity contribution in [2.75, 3.05) is 36.0 Å². The molecule has 1 saturated heterocycles. The van der Waals surface area contributed by atoms with Crippen molar-refractivity contribution in [1.29, 1.82) is 0 Å². The van der Waals surface area contributed by atoms with Crippen LogP contribution in [0.25, 0.3) is 10.8 Å². The van der Waals surface area contributed by atoms with Gasteiger partial charge in [-0.15, -0.1) is 0 Å². The third-order valence-electron chi connectivity index (χ3n) is 5.01. The van der Waals surface area contributed by atoms with Crippen LogP contribution in [0.3, 0.4) is 0 Å². The Balaban J connectivity index is 1.61. The molecule has 0 atom stereocenters. The van der Waals surface area contributed by atoms with E-state index >= 15 is 0 Å². The predicted octanol–water partition coefficient (Wildman–Crippen LogP) is 3.38. The molecule has 1 aliphatic heterocycles. The van der Waals surface area contributed by atoms with Crippen molar-refractivity contribution in [1.82, 2.24) is 4.98 Å². The molecule has 0 spiro atoms. The van der Waals surface area contributed by atoms with Gasteiger partial charge in [0.25, 0.3) is 11.4 Å². The molecule has 0 aliphatic carbocycles. The van der Waals surface area contributed by atoms with Crippen molar-refractivity contribution >= 4 is 33.5 Å². The number of aromatic nitrogens is 1. The summed E-state index contributed by atoms with van der Waals surface area (Å²) in [5.74, 6) is 0. The van der Waals surface area contributed by atoms with E-state index < -0.39 is 4.92 Å². The molecule has 0 unspecified atom stereocenters. The van der Waals surface area contributed by atoms with Crippen LogP contribution in [-0.4, -0.2) is 41.0 Å². The maximum Gasteiger partial charge on any atom is 0.292 e. The van der Waals surface area contributed by atoms with Crippen molar-refractivity contribution in [3.05, 3.63) is 75.1 Å². The number of benzene rings is 2. The molecular formula is C19H17N5O4. The predicted molar refractivity (Wildman–Crippen MR) is 106 cm³/mol. The quantitative estimate of drug-likeness (QED) is 0.505. The molecule has 0 amide bonds. The average Bonchev–Trinajstić information content (AvgIpc) is 2.73. The van der Waals surface area contributed by atoms with Crippen LogP contribution in [0, 0.1) is 20.2 Å². The molecule has 1 fully saturated rings. The second-order valence-corrected chi connectivity index (χ2v) is 6.50. The van der Waals surface area contributed by atoms with E-state index in [0.717, 1.165) is 11.1 Å². The highest BCUT2D eigenvalue weighted by Crippen LogP contribution is 2.34. The number of rotatable bonds is 4. The second kappa shape index (κ2) is 7.10. The van der Waals surface area contributed by atoms with Gasteiger partial charge in [0.15, 0.2) is 0 Å². The monoisotopic (exact) mass is 379 g/mol. The maximum absolute atomic E-state index is 11.3. The molecule has 3 aromatic rings. The zero-order valence-electron chi connectivity index (χ0n) is 14.9. The van der Waals surface area contributed by atoms with E-state index in [0.29, 0.717) is 37.3 Å². The first-order valence-electron chi connectivity index (χ1n) is 8.80. The van der Waals surface area contributed by atoms with E-state index in [1.807, 2.05) is 4.90 Å². The van der Waals surface area contributed by atoms with Gasteiger partial charge in [-0.3, -0.25) is 25.2 Å². The van der Waals surface area contributed by atoms with Crippen LogP contribution in [0.15, 0.2) is 54.9 Å². The van der Waals surface area contributed by atoms with Gasteiger partial charge < -0.3 is 9.80 Å². The number of hydrogen-bond donors (Lipinski definition) is 0. The Morgan fingerprint density at radius 2 is 1.39 bits per heavy atom. The van der Waals surface area contributed by atoms with Crippen molar-refractivity contribution in [2.45, 2.75) is 0 Å². The summed E-state index contributed by atoms with van der Waals surface area (Å²) in [6.45, 7) is 2.55. The largest absolute Gasteiger partial charge is 0.367 e. The van der Waals surface area contributed by atoms with Crippen LogP contribution >= 0.6 is 0 Å². The number of non-ortho nitro benzene ring substituents is 1. The number of fused-ring (bicyclic) bond motifs is 1. The summed E-state index contributed by atoms with van der Waals surface area (Å²) in [4.78, 5) is 30.0. The Bertz CT molecular complexity index is 1060. The molecule has 1 aromatic heterocycles. The van der Waals surface area contributed by atoms with Crippen LogP contribution in [0.4, 0.5) is 22.7 Å². The molecule has 0 N–H and O–H groups in total. The highest BCUT2D eigenvalue weighted by Gasteiger charge is 2.25. The Morgan fingerprint density at radius 1 is 0.750 bits per heavy atom. The fourth-order valence-electron chi connectivity index (χ4n) is 3.67. The lowest BCUT2D eigenvalue weighted by Gasteiger charge is -2.37. The summed E-state index contributed by atoms with van der Waals surface area (Å²) in [7, 11) is 0. The molecule has 2 heterocycles. The molecule has 0 bridgehead atoms. The van der Waals surface area contributed by atoms with Crippen LogP contribution in [0.2, 0.25) is 0 Å². The minimum absolute atomic E-state index is 0.0328. The zero-order chi connectivity index (χ0) is 19.7. The highest BCUT2D eigenvalue weighted by molar-refractivity contribution is 5.99. The molecule has 4 rings (SSSR count). The van der Waals surface area contributed by atoms with Crippen LogP contribution < -0.4 is 9.80 Å². The molecule has 9 heteroatoms. The SMILES string of the molecule is O=[N+]([O-])c1ccccc1N1CCN(c2ccc([N+](=O)[O-])c3cnccc23)CC1. The first-order chi connectivity index (χ1) is 13.6. The normalized spacial score (nSPS) is 14.3. The van der Waals surface area contributed by atoms with E-state index in [9.17, 15) is 20.2 Å². The van der Waals surface area contributed by atoms with Gasteiger partial charge in [-0.25, -0.2) is 0 Å². The Labute approximate surface area is 160 Å². The molecule has 1 aliphatic rings.